The molecule has 0 radical (unpaired) electrons. The number of aromatic carboxylic acids is 1. The molecular formula is C32H40N2O4. The van der Waals surface area contributed by atoms with E-state index in [9.17, 15) is 9.90 Å². The lowest BCUT2D eigenvalue weighted by molar-refractivity contribution is -0.0202. The topological polar surface area (TPSA) is 74.8 Å². The summed E-state index contributed by atoms with van der Waals surface area (Å²) in [6, 6.07) is 9.99. The number of benzene rings is 2. The predicted octanol–water partition coefficient (Wildman–Crippen LogP) is 7.27. The number of nitrogens with zero attached hydrogens (tertiary/aromatic N) is 1. The minimum absolute atomic E-state index is 0.112. The van der Waals surface area contributed by atoms with E-state index >= 15 is 0 Å². The maximum Gasteiger partial charge on any atom is 0.335 e. The number of ether oxygens (including phenoxy) is 2. The highest BCUT2D eigenvalue weighted by atomic mass is 16.5. The lowest BCUT2D eigenvalue weighted by Gasteiger charge is -2.40. The number of nitrogens with one attached hydrogen (secondary N) is 1. The summed E-state index contributed by atoms with van der Waals surface area (Å²) in [4.78, 5) is 17.8. The molecule has 5 rings (SSSR count). The Balaban J connectivity index is 1.54. The Bertz CT molecular complexity index is 1290. The largest absolute Gasteiger partial charge is 0.496 e. The fourth-order valence-electron chi connectivity index (χ4n) is 6.14. The van der Waals surface area contributed by atoms with Gasteiger partial charge in [0.05, 0.1) is 18.8 Å². The molecule has 2 aliphatic heterocycles. The second kappa shape index (κ2) is 12.2. The number of piperidine rings is 1. The number of allylic oxidation sites excluding steroid dienone is 1. The predicted molar refractivity (Wildman–Crippen MR) is 152 cm³/mol. The first kappa shape index (κ1) is 26.5. The molecule has 0 spiro atoms. The molecule has 2 aromatic carbocycles. The first-order valence-corrected chi connectivity index (χ1v) is 14.1. The molecule has 2 atom stereocenters. The molecule has 1 saturated heterocycles. The van der Waals surface area contributed by atoms with Crippen molar-refractivity contribution in [2.24, 2.45) is 0 Å². The molecular weight excluding hydrogens is 476 g/mol. The Morgan fingerprint density at radius 1 is 1.16 bits per heavy atom. The Kier molecular flexibility index (Phi) is 8.50. The van der Waals surface area contributed by atoms with E-state index in [0.717, 1.165) is 68.6 Å². The lowest BCUT2D eigenvalue weighted by atomic mass is 9.88. The van der Waals surface area contributed by atoms with Crippen molar-refractivity contribution in [2.75, 3.05) is 20.3 Å². The number of rotatable bonds is 4. The summed E-state index contributed by atoms with van der Waals surface area (Å²) in [6.45, 7) is 4.58. The minimum Gasteiger partial charge on any atom is -0.496 e. The number of likely N-dealkylation sites (tertiary alicyclic amines) is 1. The van der Waals surface area contributed by atoms with Gasteiger partial charge in [0.1, 0.15) is 5.75 Å². The third kappa shape index (κ3) is 5.82. The number of carbonyl (C=O) groups is 1. The molecule has 6 heteroatoms. The first-order valence-electron chi connectivity index (χ1n) is 14.1. The van der Waals surface area contributed by atoms with E-state index in [1.54, 1.807) is 13.2 Å². The molecule has 6 nitrogen and oxygen atoms in total. The summed E-state index contributed by atoms with van der Waals surface area (Å²) in [5.41, 5.74) is 6.00. The normalized spacial score (nSPS) is 22.3. The molecule has 3 aromatic rings. The van der Waals surface area contributed by atoms with Gasteiger partial charge in [-0.05, 0) is 80.0 Å². The van der Waals surface area contributed by atoms with Gasteiger partial charge in [0.15, 0.2) is 0 Å². The molecule has 2 bridgehead atoms. The van der Waals surface area contributed by atoms with Crippen LogP contribution in [-0.4, -0.2) is 47.3 Å². The molecule has 1 aromatic heterocycles. The monoisotopic (exact) mass is 516 g/mol. The van der Waals surface area contributed by atoms with Crippen LogP contribution < -0.4 is 4.74 Å². The van der Waals surface area contributed by atoms with Crippen molar-refractivity contribution < 1.29 is 19.4 Å². The number of carboxylic acids is 1. The SMILES string of the molecule is COc1cc(C)c2[nH]ccc2c1CN1CC[C@H]2C[C@H]1c1ccc(C(=O)O)cc1/C=C/CCCCCCCO2. The van der Waals surface area contributed by atoms with Gasteiger partial charge in [-0.3, -0.25) is 4.90 Å². The summed E-state index contributed by atoms with van der Waals surface area (Å²) in [5, 5.41) is 10.9. The third-order valence-corrected chi connectivity index (χ3v) is 8.22. The number of aromatic amines is 1. The average Bonchev–Trinajstić information content (AvgIpc) is 3.42. The van der Waals surface area contributed by atoms with Gasteiger partial charge in [-0.25, -0.2) is 4.79 Å². The number of aromatic nitrogens is 1. The van der Waals surface area contributed by atoms with Crippen molar-refractivity contribution >= 4 is 22.9 Å². The fraction of sp³-hybridized carbons (Fsp3) is 0.469. The third-order valence-electron chi connectivity index (χ3n) is 8.22. The van der Waals surface area contributed by atoms with E-state index in [-0.39, 0.29) is 12.1 Å². The number of methoxy groups -OCH3 is 1. The van der Waals surface area contributed by atoms with E-state index in [1.165, 1.54) is 41.3 Å². The van der Waals surface area contributed by atoms with Gasteiger partial charge in [-0.2, -0.15) is 0 Å². The highest BCUT2D eigenvalue weighted by Crippen LogP contribution is 2.39. The number of hydrogen-bond donors (Lipinski definition) is 2. The zero-order valence-corrected chi connectivity index (χ0v) is 22.7. The van der Waals surface area contributed by atoms with Gasteiger partial charge < -0.3 is 19.6 Å². The van der Waals surface area contributed by atoms with Crippen LogP contribution in [0.1, 0.15) is 90.0 Å². The molecule has 0 aliphatic carbocycles. The molecule has 0 amide bonds. The molecule has 1 fully saturated rings. The van der Waals surface area contributed by atoms with Gasteiger partial charge in [0.25, 0.3) is 0 Å². The lowest BCUT2D eigenvalue weighted by Crippen LogP contribution is -2.40. The van der Waals surface area contributed by atoms with Gasteiger partial charge in [-0.15, -0.1) is 0 Å². The number of H-pyrrole nitrogens is 1. The Morgan fingerprint density at radius 2 is 2.00 bits per heavy atom. The Labute approximate surface area is 225 Å². The van der Waals surface area contributed by atoms with Gasteiger partial charge in [0.2, 0.25) is 0 Å². The van der Waals surface area contributed by atoms with E-state index in [1.807, 2.05) is 18.3 Å². The molecule has 0 unspecified atom stereocenters. The van der Waals surface area contributed by atoms with Crippen LogP contribution >= 0.6 is 0 Å². The molecule has 0 saturated carbocycles. The van der Waals surface area contributed by atoms with Crippen LogP contribution in [0.5, 0.6) is 5.75 Å². The maximum atomic E-state index is 11.8. The molecule has 202 valence electrons. The van der Waals surface area contributed by atoms with Crippen molar-refractivity contribution in [3.8, 4) is 5.75 Å². The van der Waals surface area contributed by atoms with Crippen molar-refractivity contribution in [3.05, 3.63) is 70.4 Å². The molecule has 2 N–H and O–H groups in total. The van der Waals surface area contributed by atoms with Crippen LogP contribution in [-0.2, 0) is 11.3 Å². The van der Waals surface area contributed by atoms with E-state index < -0.39 is 5.97 Å². The Morgan fingerprint density at radius 3 is 2.84 bits per heavy atom. The molecule has 38 heavy (non-hydrogen) atoms. The highest BCUT2D eigenvalue weighted by Gasteiger charge is 2.32. The zero-order valence-electron chi connectivity index (χ0n) is 22.7. The molecule has 2 aliphatic rings. The van der Waals surface area contributed by atoms with Crippen LogP contribution in [0.2, 0.25) is 0 Å². The summed E-state index contributed by atoms with van der Waals surface area (Å²) in [7, 11) is 1.74. The van der Waals surface area contributed by atoms with E-state index in [2.05, 4.69) is 41.1 Å². The van der Waals surface area contributed by atoms with Crippen LogP contribution in [0, 0.1) is 6.92 Å². The average molecular weight is 517 g/mol. The van der Waals surface area contributed by atoms with E-state index in [0.29, 0.717) is 5.56 Å². The summed E-state index contributed by atoms with van der Waals surface area (Å²) in [5.74, 6) is 0.0181. The summed E-state index contributed by atoms with van der Waals surface area (Å²) in [6.07, 6.45) is 15.4. The number of aryl methyl sites for hydroxylation is 1. The Hall–Kier alpha value is -3.09. The van der Waals surface area contributed by atoms with Gasteiger partial charge >= 0.3 is 5.97 Å². The fourth-order valence-corrected chi connectivity index (χ4v) is 6.14. The van der Waals surface area contributed by atoms with Crippen molar-refractivity contribution in [2.45, 2.75) is 77.0 Å². The standard InChI is InChI=1S/C32H40N2O4/c1-22-18-30(37-2)28(27-13-15-33-31(22)27)21-34-16-14-25-20-29(34)26-12-11-24(32(35)36)19-23(26)10-8-6-4-3-5-7-9-17-38-25/h8,10-13,15,18-19,25,29,33H,3-7,9,14,16-17,20-21H2,1-2H3,(H,35,36)/b10-8+/t25-,29-/m0/s1. The maximum absolute atomic E-state index is 11.8. The van der Waals surface area contributed by atoms with E-state index in [4.69, 9.17) is 9.47 Å². The summed E-state index contributed by atoms with van der Waals surface area (Å²) < 4.78 is 12.3. The number of carboxylic acid groups (broad SMARTS) is 1. The van der Waals surface area contributed by atoms with Gasteiger partial charge in [0, 0.05) is 48.4 Å². The van der Waals surface area contributed by atoms with Crippen LogP contribution in [0.25, 0.3) is 17.0 Å². The highest BCUT2D eigenvalue weighted by molar-refractivity contribution is 5.89. The quantitative estimate of drug-likeness (QED) is 0.381. The zero-order chi connectivity index (χ0) is 26.5. The van der Waals surface area contributed by atoms with Crippen molar-refractivity contribution in [1.29, 1.82) is 0 Å². The summed E-state index contributed by atoms with van der Waals surface area (Å²) >= 11 is 0. The first-order chi connectivity index (χ1) is 18.5. The van der Waals surface area contributed by atoms with Crippen LogP contribution in [0.4, 0.5) is 0 Å². The van der Waals surface area contributed by atoms with Crippen molar-refractivity contribution in [3.63, 3.8) is 0 Å². The van der Waals surface area contributed by atoms with Crippen molar-refractivity contribution in [1.82, 2.24) is 9.88 Å². The number of fused-ring (bicyclic) bond motifs is 5. The smallest absolute Gasteiger partial charge is 0.335 e. The second-order valence-corrected chi connectivity index (χ2v) is 10.8. The second-order valence-electron chi connectivity index (χ2n) is 10.8. The van der Waals surface area contributed by atoms with Crippen LogP contribution in [0.15, 0.2) is 42.6 Å². The number of hydrogen-bond acceptors (Lipinski definition) is 4. The van der Waals surface area contributed by atoms with Gasteiger partial charge in [-0.1, -0.05) is 37.5 Å². The minimum atomic E-state index is -0.891. The van der Waals surface area contributed by atoms with Crippen LogP contribution in [0.3, 0.4) is 0 Å². The molecule has 3 heterocycles.